The van der Waals surface area contributed by atoms with Gasteiger partial charge in [0.2, 0.25) is 0 Å². The molecule has 0 amide bonds. The fraction of sp³-hybridized carbons (Fsp3) is 0. The highest BCUT2D eigenvalue weighted by atomic mass is 35.5. The molecular weight excluding hydrogens is 192 g/mol. The van der Waals surface area contributed by atoms with Crippen LogP contribution in [0, 0.1) is 10.1 Å². The summed E-state index contributed by atoms with van der Waals surface area (Å²) in [5.74, 6) is 0. The fourth-order valence-electron chi connectivity index (χ4n) is 1.22. The standard InChI is InChI=1S/C8H5ClN2O2/c9-7-6(11(12)13)2-1-5-3-4-10-8(5)7/h1-4,10H. The highest BCUT2D eigenvalue weighted by Crippen LogP contribution is 2.31. The van der Waals surface area contributed by atoms with Gasteiger partial charge in [0.15, 0.2) is 0 Å². The van der Waals surface area contributed by atoms with Gasteiger partial charge in [-0.2, -0.15) is 0 Å². The molecule has 1 heterocycles. The lowest BCUT2D eigenvalue weighted by atomic mass is 10.2. The predicted molar refractivity (Wildman–Crippen MR) is 50.0 cm³/mol. The number of hydrogen-bond acceptors (Lipinski definition) is 2. The minimum absolute atomic E-state index is 0.0726. The van der Waals surface area contributed by atoms with Crippen LogP contribution in [-0.4, -0.2) is 9.91 Å². The fourth-order valence-corrected chi connectivity index (χ4v) is 1.52. The zero-order valence-electron chi connectivity index (χ0n) is 6.45. The van der Waals surface area contributed by atoms with Gasteiger partial charge in [-0.15, -0.1) is 0 Å². The Morgan fingerprint density at radius 2 is 2.15 bits per heavy atom. The van der Waals surface area contributed by atoms with Crippen molar-refractivity contribution < 1.29 is 4.92 Å². The molecule has 0 atom stereocenters. The number of nitro groups is 1. The molecule has 0 unspecified atom stereocenters. The van der Waals surface area contributed by atoms with Crippen LogP contribution >= 0.6 is 11.6 Å². The summed E-state index contributed by atoms with van der Waals surface area (Å²) in [6.07, 6.45) is 1.69. The van der Waals surface area contributed by atoms with E-state index in [4.69, 9.17) is 11.6 Å². The Kier molecular flexibility index (Phi) is 1.70. The summed E-state index contributed by atoms with van der Waals surface area (Å²) in [5, 5.41) is 11.5. The molecule has 0 bridgehead atoms. The molecule has 0 fully saturated rings. The Balaban J connectivity index is 2.80. The van der Waals surface area contributed by atoms with E-state index in [1.54, 1.807) is 12.3 Å². The van der Waals surface area contributed by atoms with Crippen LogP contribution in [0.3, 0.4) is 0 Å². The second-order valence-electron chi connectivity index (χ2n) is 2.60. The van der Waals surface area contributed by atoms with E-state index in [2.05, 4.69) is 4.98 Å². The van der Waals surface area contributed by atoms with Crippen LogP contribution in [0.25, 0.3) is 10.9 Å². The van der Waals surface area contributed by atoms with E-state index in [1.165, 1.54) is 6.07 Å². The first-order chi connectivity index (χ1) is 6.20. The highest BCUT2D eigenvalue weighted by molar-refractivity contribution is 6.37. The lowest BCUT2D eigenvalue weighted by Crippen LogP contribution is -1.88. The third-order valence-electron chi connectivity index (χ3n) is 1.84. The van der Waals surface area contributed by atoms with E-state index in [0.29, 0.717) is 5.52 Å². The number of benzene rings is 1. The Bertz CT molecular complexity index is 478. The molecule has 0 radical (unpaired) electrons. The van der Waals surface area contributed by atoms with E-state index in [9.17, 15) is 10.1 Å². The number of halogens is 1. The van der Waals surface area contributed by atoms with Gasteiger partial charge >= 0.3 is 0 Å². The molecule has 2 rings (SSSR count). The van der Waals surface area contributed by atoms with Gasteiger partial charge < -0.3 is 4.98 Å². The summed E-state index contributed by atoms with van der Waals surface area (Å²) in [4.78, 5) is 12.8. The molecule has 66 valence electrons. The Morgan fingerprint density at radius 1 is 1.38 bits per heavy atom. The first kappa shape index (κ1) is 8.07. The number of nitrogens with one attached hydrogen (secondary N) is 1. The highest BCUT2D eigenvalue weighted by Gasteiger charge is 2.14. The largest absolute Gasteiger partial charge is 0.360 e. The van der Waals surface area contributed by atoms with Crippen molar-refractivity contribution in [2.24, 2.45) is 0 Å². The predicted octanol–water partition coefficient (Wildman–Crippen LogP) is 2.73. The van der Waals surface area contributed by atoms with Crippen molar-refractivity contribution in [2.75, 3.05) is 0 Å². The second kappa shape index (κ2) is 2.74. The zero-order valence-corrected chi connectivity index (χ0v) is 7.21. The number of nitro benzene ring substituents is 1. The van der Waals surface area contributed by atoms with Crippen LogP contribution in [0.4, 0.5) is 5.69 Å². The number of nitrogens with zero attached hydrogens (tertiary/aromatic N) is 1. The van der Waals surface area contributed by atoms with Gasteiger partial charge in [0.05, 0.1) is 10.4 Å². The minimum atomic E-state index is -0.497. The van der Waals surface area contributed by atoms with E-state index in [0.717, 1.165) is 5.39 Å². The van der Waals surface area contributed by atoms with Crippen molar-refractivity contribution in [1.82, 2.24) is 4.98 Å². The molecule has 0 aliphatic carbocycles. The molecular formula is C8H5ClN2O2. The second-order valence-corrected chi connectivity index (χ2v) is 2.98. The molecule has 0 saturated carbocycles. The van der Waals surface area contributed by atoms with Crippen molar-refractivity contribution in [3.63, 3.8) is 0 Å². The molecule has 0 aliphatic heterocycles. The maximum Gasteiger partial charge on any atom is 0.290 e. The molecule has 13 heavy (non-hydrogen) atoms. The van der Waals surface area contributed by atoms with Crippen LogP contribution in [0.5, 0.6) is 0 Å². The molecule has 5 heteroatoms. The summed E-state index contributed by atoms with van der Waals surface area (Å²) >= 11 is 5.81. The first-order valence-corrected chi connectivity index (χ1v) is 3.98. The molecule has 1 N–H and O–H groups in total. The van der Waals surface area contributed by atoms with Crippen molar-refractivity contribution in [3.05, 3.63) is 39.5 Å². The van der Waals surface area contributed by atoms with Crippen molar-refractivity contribution in [2.45, 2.75) is 0 Å². The number of fused-ring (bicyclic) bond motifs is 1. The molecule has 2 aromatic rings. The van der Waals surface area contributed by atoms with Gasteiger partial charge in [-0.3, -0.25) is 10.1 Å². The maximum absolute atomic E-state index is 10.5. The molecule has 1 aromatic carbocycles. The number of H-pyrrole nitrogens is 1. The lowest BCUT2D eigenvalue weighted by Gasteiger charge is -1.95. The van der Waals surface area contributed by atoms with Crippen LogP contribution in [0.1, 0.15) is 0 Å². The summed E-state index contributed by atoms with van der Waals surface area (Å²) < 4.78 is 0. The number of rotatable bonds is 1. The third kappa shape index (κ3) is 1.15. The van der Waals surface area contributed by atoms with Gasteiger partial charge in [-0.1, -0.05) is 11.6 Å². The average Bonchev–Trinajstić information content (AvgIpc) is 2.52. The van der Waals surface area contributed by atoms with Crippen LogP contribution in [0.2, 0.25) is 5.02 Å². The van der Waals surface area contributed by atoms with Crippen molar-refractivity contribution in [3.8, 4) is 0 Å². The maximum atomic E-state index is 10.5. The molecule has 4 nitrogen and oxygen atoms in total. The Labute approximate surface area is 78.3 Å². The quantitative estimate of drug-likeness (QED) is 0.563. The number of hydrogen-bond donors (Lipinski definition) is 1. The Morgan fingerprint density at radius 3 is 2.85 bits per heavy atom. The van der Waals surface area contributed by atoms with Gasteiger partial charge in [0.1, 0.15) is 5.02 Å². The van der Waals surface area contributed by atoms with Gasteiger partial charge in [0, 0.05) is 17.6 Å². The average molecular weight is 197 g/mol. The first-order valence-electron chi connectivity index (χ1n) is 3.60. The van der Waals surface area contributed by atoms with E-state index >= 15 is 0 Å². The molecule has 1 aromatic heterocycles. The minimum Gasteiger partial charge on any atom is -0.360 e. The van der Waals surface area contributed by atoms with Crippen molar-refractivity contribution >= 4 is 28.2 Å². The van der Waals surface area contributed by atoms with E-state index < -0.39 is 4.92 Å². The van der Waals surface area contributed by atoms with Crippen molar-refractivity contribution in [1.29, 1.82) is 0 Å². The SMILES string of the molecule is O=[N+]([O-])c1ccc2cc[nH]c2c1Cl. The van der Waals surface area contributed by atoms with Crippen LogP contribution < -0.4 is 0 Å². The molecule has 0 saturated heterocycles. The van der Waals surface area contributed by atoms with Crippen LogP contribution in [0.15, 0.2) is 24.4 Å². The summed E-state index contributed by atoms with van der Waals surface area (Å²) in [5.41, 5.74) is 0.535. The number of aromatic amines is 1. The summed E-state index contributed by atoms with van der Waals surface area (Å²) in [7, 11) is 0. The van der Waals surface area contributed by atoms with Crippen LogP contribution in [-0.2, 0) is 0 Å². The lowest BCUT2D eigenvalue weighted by molar-refractivity contribution is -0.384. The van der Waals surface area contributed by atoms with Gasteiger partial charge in [-0.25, -0.2) is 0 Å². The molecule has 0 aliphatic rings. The summed E-state index contributed by atoms with van der Waals surface area (Å²) in [6, 6.07) is 4.87. The van der Waals surface area contributed by atoms with E-state index in [-0.39, 0.29) is 10.7 Å². The summed E-state index contributed by atoms with van der Waals surface area (Å²) in [6.45, 7) is 0. The van der Waals surface area contributed by atoms with E-state index in [1.807, 2.05) is 6.07 Å². The normalized spacial score (nSPS) is 10.5. The topological polar surface area (TPSA) is 58.9 Å². The third-order valence-corrected chi connectivity index (χ3v) is 2.22. The molecule has 0 spiro atoms. The van der Waals surface area contributed by atoms with Gasteiger partial charge in [0.25, 0.3) is 5.69 Å². The zero-order chi connectivity index (χ0) is 9.42. The monoisotopic (exact) mass is 196 g/mol. The number of aromatic nitrogens is 1. The smallest absolute Gasteiger partial charge is 0.290 e. The Hall–Kier alpha value is -1.55. The van der Waals surface area contributed by atoms with Gasteiger partial charge in [-0.05, 0) is 12.1 Å².